The Morgan fingerprint density at radius 3 is 2.93 bits per heavy atom. The fourth-order valence-electron chi connectivity index (χ4n) is 4.82. The van der Waals surface area contributed by atoms with E-state index in [9.17, 15) is 5.11 Å². The van der Waals surface area contributed by atoms with Crippen molar-refractivity contribution in [3.8, 4) is 0 Å². The Labute approximate surface area is 163 Å². The van der Waals surface area contributed by atoms with Gasteiger partial charge in [0, 0.05) is 29.7 Å². The quantitative estimate of drug-likeness (QED) is 0.700. The van der Waals surface area contributed by atoms with Crippen LogP contribution in [0.4, 0.5) is 0 Å². The Morgan fingerprint density at radius 2 is 2.15 bits per heavy atom. The molecule has 4 rings (SSSR count). The summed E-state index contributed by atoms with van der Waals surface area (Å²) >= 11 is 0. The summed E-state index contributed by atoms with van der Waals surface area (Å²) in [6, 6.07) is 7.43. The molecule has 4 heteroatoms. The number of H-pyrrole nitrogens is 1. The van der Waals surface area contributed by atoms with Crippen molar-refractivity contribution in [2.75, 3.05) is 26.2 Å². The molecule has 148 valence electrons. The standard InChI is InChI=1S/C23H35N3O/c1-23(2,27)9-7-17-5-6-22-21(12-17)19(15-25-22)13-20-4-3-11-26(20)16-18-8-10-24-14-18/h5-6,12,15,18,20,24-25,27H,3-4,7-11,13-14,16H2,1-2H3/t18-,20+/m0/s1. The van der Waals surface area contributed by atoms with E-state index in [1.54, 1.807) is 0 Å². The van der Waals surface area contributed by atoms with Gasteiger partial charge >= 0.3 is 0 Å². The molecular formula is C23H35N3O. The number of rotatable bonds is 7. The van der Waals surface area contributed by atoms with E-state index in [0.717, 1.165) is 25.2 Å². The van der Waals surface area contributed by atoms with Crippen molar-refractivity contribution in [1.29, 1.82) is 0 Å². The summed E-state index contributed by atoms with van der Waals surface area (Å²) in [7, 11) is 0. The zero-order valence-electron chi connectivity index (χ0n) is 16.9. The van der Waals surface area contributed by atoms with Crippen LogP contribution in [0.25, 0.3) is 10.9 Å². The van der Waals surface area contributed by atoms with Gasteiger partial charge in [-0.15, -0.1) is 0 Å². The lowest BCUT2D eigenvalue weighted by atomic mass is 9.96. The number of aliphatic hydroxyl groups is 1. The van der Waals surface area contributed by atoms with Crippen LogP contribution in [-0.4, -0.2) is 52.8 Å². The topological polar surface area (TPSA) is 51.3 Å². The lowest BCUT2D eigenvalue weighted by molar-refractivity contribution is 0.0714. The third kappa shape index (κ3) is 4.74. The van der Waals surface area contributed by atoms with E-state index in [1.165, 1.54) is 67.5 Å². The van der Waals surface area contributed by atoms with Gasteiger partial charge in [-0.25, -0.2) is 0 Å². The molecule has 2 aliphatic heterocycles. The van der Waals surface area contributed by atoms with Crippen LogP contribution < -0.4 is 5.32 Å². The van der Waals surface area contributed by atoms with Crippen molar-refractivity contribution in [2.45, 2.75) is 64.0 Å². The number of aromatic amines is 1. The molecule has 3 heterocycles. The van der Waals surface area contributed by atoms with E-state index in [0.29, 0.717) is 6.04 Å². The average molecular weight is 370 g/mol. The van der Waals surface area contributed by atoms with Gasteiger partial charge in [0.15, 0.2) is 0 Å². The monoisotopic (exact) mass is 369 g/mol. The summed E-state index contributed by atoms with van der Waals surface area (Å²) < 4.78 is 0. The number of hydrogen-bond donors (Lipinski definition) is 3. The van der Waals surface area contributed by atoms with E-state index in [-0.39, 0.29) is 0 Å². The van der Waals surface area contributed by atoms with Gasteiger partial charge in [-0.3, -0.25) is 4.90 Å². The Bertz CT molecular complexity index is 755. The number of fused-ring (bicyclic) bond motifs is 1. The maximum atomic E-state index is 10.0. The fraction of sp³-hybridized carbons (Fsp3) is 0.652. The molecule has 2 aliphatic rings. The number of aryl methyl sites for hydroxylation is 1. The van der Waals surface area contributed by atoms with Crippen LogP contribution >= 0.6 is 0 Å². The van der Waals surface area contributed by atoms with Gasteiger partial charge < -0.3 is 15.4 Å². The van der Waals surface area contributed by atoms with E-state index in [2.05, 4.69) is 39.6 Å². The fourth-order valence-corrected chi connectivity index (χ4v) is 4.82. The molecule has 2 aromatic rings. The Balaban J connectivity index is 1.46. The molecule has 1 aromatic heterocycles. The van der Waals surface area contributed by atoms with Gasteiger partial charge in [0.1, 0.15) is 0 Å². The molecule has 1 aromatic carbocycles. The largest absolute Gasteiger partial charge is 0.390 e. The molecule has 2 fully saturated rings. The first kappa shape index (κ1) is 19.0. The SMILES string of the molecule is CC(C)(O)CCc1ccc2[nH]cc(C[C@H]3CCCN3C[C@H]3CCNC3)c2c1. The van der Waals surface area contributed by atoms with Crippen LogP contribution in [0.2, 0.25) is 0 Å². The van der Waals surface area contributed by atoms with Crippen molar-refractivity contribution in [3.05, 3.63) is 35.5 Å². The number of hydrogen-bond acceptors (Lipinski definition) is 3. The molecule has 0 radical (unpaired) electrons. The third-order valence-corrected chi connectivity index (χ3v) is 6.47. The predicted octanol–water partition coefficient (Wildman–Crippen LogP) is 3.49. The number of nitrogens with one attached hydrogen (secondary N) is 2. The second-order valence-electron chi connectivity index (χ2n) is 9.36. The minimum absolute atomic E-state index is 0.602. The summed E-state index contributed by atoms with van der Waals surface area (Å²) in [4.78, 5) is 6.22. The van der Waals surface area contributed by atoms with E-state index in [4.69, 9.17) is 0 Å². The molecule has 0 saturated carbocycles. The Kier molecular flexibility index (Phi) is 5.58. The first-order valence-corrected chi connectivity index (χ1v) is 10.7. The van der Waals surface area contributed by atoms with Crippen LogP contribution in [0.15, 0.2) is 24.4 Å². The van der Waals surface area contributed by atoms with Gasteiger partial charge in [0.25, 0.3) is 0 Å². The van der Waals surface area contributed by atoms with Gasteiger partial charge in [-0.05, 0) is 101 Å². The Hall–Kier alpha value is -1.36. The normalized spacial score (nSPS) is 24.3. The molecule has 0 unspecified atom stereocenters. The van der Waals surface area contributed by atoms with Crippen molar-refractivity contribution in [2.24, 2.45) is 5.92 Å². The summed E-state index contributed by atoms with van der Waals surface area (Å²) in [5.74, 6) is 0.835. The summed E-state index contributed by atoms with van der Waals surface area (Å²) in [6.45, 7) is 8.70. The minimum Gasteiger partial charge on any atom is -0.390 e. The number of benzene rings is 1. The number of nitrogens with zero attached hydrogens (tertiary/aromatic N) is 1. The van der Waals surface area contributed by atoms with Crippen LogP contribution in [0.1, 0.15) is 50.7 Å². The van der Waals surface area contributed by atoms with Crippen LogP contribution in [-0.2, 0) is 12.8 Å². The molecule has 4 nitrogen and oxygen atoms in total. The smallest absolute Gasteiger partial charge is 0.0594 e. The van der Waals surface area contributed by atoms with E-state index >= 15 is 0 Å². The molecule has 2 saturated heterocycles. The van der Waals surface area contributed by atoms with Crippen molar-refractivity contribution >= 4 is 10.9 Å². The second kappa shape index (κ2) is 7.94. The van der Waals surface area contributed by atoms with Crippen molar-refractivity contribution in [1.82, 2.24) is 15.2 Å². The highest BCUT2D eigenvalue weighted by atomic mass is 16.3. The second-order valence-corrected chi connectivity index (χ2v) is 9.36. The van der Waals surface area contributed by atoms with Crippen molar-refractivity contribution < 1.29 is 5.11 Å². The van der Waals surface area contributed by atoms with Crippen LogP contribution in [0, 0.1) is 5.92 Å². The molecule has 2 atom stereocenters. The molecule has 0 aliphatic carbocycles. The molecule has 0 bridgehead atoms. The maximum Gasteiger partial charge on any atom is 0.0594 e. The highest BCUT2D eigenvalue weighted by Gasteiger charge is 2.28. The average Bonchev–Trinajstić information content (AvgIpc) is 3.36. The summed E-state index contributed by atoms with van der Waals surface area (Å²) in [5, 5.41) is 14.9. The van der Waals surface area contributed by atoms with Gasteiger partial charge in [-0.2, -0.15) is 0 Å². The molecule has 0 amide bonds. The first-order valence-electron chi connectivity index (χ1n) is 10.7. The van der Waals surface area contributed by atoms with Crippen LogP contribution in [0.3, 0.4) is 0 Å². The minimum atomic E-state index is -0.602. The third-order valence-electron chi connectivity index (χ3n) is 6.47. The highest BCUT2D eigenvalue weighted by Crippen LogP contribution is 2.28. The molecular weight excluding hydrogens is 334 g/mol. The zero-order valence-corrected chi connectivity index (χ0v) is 16.9. The van der Waals surface area contributed by atoms with Crippen LogP contribution in [0.5, 0.6) is 0 Å². The summed E-state index contributed by atoms with van der Waals surface area (Å²) in [6.07, 6.45) is 9.08. The molecule has 27 heavy (non-hydrogen) atoms. The maximum absolute atomic E-state index is 10.0. The van der Waals surface area contributed by atoms with Crippen molar-refractivity contribution in [3.63, 3.8) is 0 Å². The lowest BCUT2D eigenvalue weighted by Crippen LogP contribution is -2.36. The van der Waals surface area contributed by atoms with Gasteiger partial charge in [-0.1, -0.05) is 6.07 Å². The highest BCUT2D eigenvalue weighted by molar-refractivity contribution is 5.84. The first-order chi connectivity index (χ1) is 13.0. The Morgan fingerprint density at radius 1 is 1.26 bits per heavy atom. The summed E-state index contributed by atoms with van der Waals surface area (Å²) in [5.41, 5.74) is 3.42. The lowest BCUT2D eigenvalue weighted by Gasteiger charge is -2.27. The number of aromatic nitrogens is 1. The zero-order chi connectivity index (χ0) is 18.9. The molecule has 0 spiro atoms. The van der Waals surface area contributed by atoms with E-state index in [1.807, 2.05) is 13.8 Å². The van der Waals surface area contributed by atoms with E-state index < -0.39 is 5.60 Å². The van der Waals surface area contributed by atoms with Gasteiger partial charge in [0.05, 0.1) is 5.60 Å². The van der Waals surface area contributed by atoms with Gasteiger partial charge in [0.2, 0.25) is 0 Å². The molecule has 3 N–H and O–H groups in total. The number of likely N-dealkylation sites (tertiary alicyclic amines) is 1. The predicted molar refractivity (Wildman–Crippen MR) is 112 cm³/mol.